The van der Waals surface area contributed by atoms with Gasteiger partial charge in [0.05, 0.1) is 18.1 Å². The van der Waals surface area contributed by atoms with Gasteiger partial charge in [-0.2, -0.15) is 0 Å². The normalized spacial score (nSPS) is 24.0. The van der Waals surface area contributed by atoms with Gasteiger partial charge in [0.2, 0.25) is 5.95 Å². The summed E-state index contributed by atoms with van der Waals surface area (Å²) in [5.41, 5.74) is 3.03. The molecule has 0 spiro atoms. The number of likely N-dealkylation sites (N-methyl/N-ethyl adjacent to an activating group) is 1. The van der Waals surface area contributed by atoms with E-state index in [2.05, 4.69) is 21.3 Å². The van der Waals surface area contributed by atoms with E-state index in [9.17, 15) is 0 Å². The van der Waals surface area contributed by atoms with Gasteiger partial charge < -0.3 is 14.2 Å². The number of piperazine rings is 1. The van der Waals surface area contributed by atoms with E-state index in [1.165, 1.54) is 31.4 Å². The van der Waals surface area contributed by atoms with E-state index in [0.29, 0.717) is 0 Å². The maximum absolute atomic E-state index is 4.71. The molecule has 0 amide bonds. The molecule has 1 aromatic heterocycles. The summed E-state index contributed by atoms with van der Waals surface area (Å²) < 4.78 is 2.49. The minimum atomic E-state index is 0.901. The lowest BCUT2D eigenvalue weighted by Gasteiger charge is -2.33. The van der Waals surface area contributed by atoms with Gasteiger partial charge >= 0.3 is 0 Å². The Morgan fingerprint density at radius 1 is 0.955 bits per heavy atom. The van der Waals surface area contributed by atoms with Crippen LogP contribution >= 0.6 is 17.5 Å². The third kappa shape index (κ3) is 3.88. The quantitative estimate of drug-likeness (QED) is 0.746. The molecule has 1 aliphatic heterocycles. The summed E-state index contributed by atoms with van der Waals surface area (Å²) in [7, 11) is 3.99. The van der Waals surface area contributed by atoms with Crippen molar-refractivity contribution in [3.05, 3.63) is 12.4 Å². The average molecular weight is 337 g/mol. The first kappa shape index (κ1) is 15.1. The van der Waals surface area contributed by atoms with Crippen molar-refractivity contribution in [2.75, 3.05) is 42.6 Å². The Morgan fingerprint density at radius 2 is 1.50 bits per heavy atom. The molecule has 2 atom stereocenters. The first-order valence-electron chi connectivity index (χ1n) is 8.36. The molecule has 1 saturated heterocycles. The van der Waals surface area contributed by atoms with Crippen molar-refractivity contribution in [1.82, 2.24) is 14.9 Å². The molecule has 3 aliphatic rings. The largest absolute Gasteiger partial charge is 0.366 e. The van der Waals surface area contributed by atoms with Crippen LogP contribution in [0.15, 0.2) is 12.4 Å². The number of rotatable bonds is 6. The summed E-state index contributed by atoms with van der Waals surface area (Å²) in [5, 5.41) is 0. The van der Waals surface area contributed by atoms with Gasteiger partial charge in [0.1, 0.15) is 0 Å². The monoisotopic (exact) mass is 337 g/mol. The number of nitrogens with zero attached hydrogens (tertiary/aromatic N) is 5. The summed E-state index contributed by atoms with van der Waals surface area (Å²) in [6.07, 6.45) is 9.70. The zero-order chi connectivity index (χ0) is 14.9. The molecule has 0 radical (unpaired) electrons. The Morgan fingerprint density at radius 3 is 2.00 bits per heavy atom. The molecule has 5 nitrogen and oxygen atoms in total. The fourth-order valence-corrected chi connectivity index (χ4v) is 6.04. The third-order valence-electron chi connectivity index (χ3n) is 4.47. The Labute approximate surface area is 136 Å². The van der Waals surface area contributed by atoms with E-state index >= 15 is 0 Å². The van der Waals surface area contributed by atoms with Crippen molar-refractivity contribution < 1.29 is 0 Å². The van der Waals surface area contributed by atoms with Gasteiger partial charge in [-0.25, -0.2) is 9.97 Å². The Balaban J connectivity index is 1.42. The second kappa shape index (κ2) is 6.55. The van der Waals surface area contributed by atoms with Crippen molar-refractivity contribution in [1.29, 1.82) is 0 Å². The smallest absolute Gasteiger partial charge is 0.231 e. The average Bonchev–Trinajstić information content (AvgIpc) is 3.44. The van der Waals surface area contributed by atoms with Crippen LogP contribution in [0, 0.1) is 0 Å². The van der Waals surface area contributed by atoms with Crippen LogP contribution in [0.3, 0.4) is 0 Å². The van der Waals surface area contributed by atoms with Gasteiger partial charge in [0, 0.05) is 26.2 Å². The molecule has 0 N–H and O–H groups in total. The van der Waals surface area contributed by atoms with Crippen LogP contribution in [0.1, 0.15) is 25.7 Å². The van der Waals surface area contributed by atoms with Crippen molar-refractivity contribution >= 4 is 29.1 Å². The van der Waals surface area contributed by atoms with Crippen molar-refractivity contribution in [3.8, 4) is 0 Å². The van der Waals surface area contributed by atoms with Gasteiger partial charge in [0.25, 0.3) is 0 Å². The maximum Gasteiger partial charge on any atom is 0.231 e. The van der Waals surface area contributed by atoms with Gasteiger partial charge in [-0.15, -0.1) is 0 Å². The predicted molar refractivity (Wildman–Crippen MR) is 96.9 cm³/mol. The van der Waals surface area contributed by atoms with E-state index < -0.39 is 0 Å². The first-order chi connectivity index (χ1) is 10.8. The minimum absolute atomic E-state index is 0.901. The van der Waals surface area contributed by atoms with E-state index in [0.717, 1.165) is 60.9 Å². The van der Waals surface area contributed by atoms with Crippen molar-refractivity contribution in [2.45, 2.75) is 37.0 Å². The molecule has 2 saturated carbocycles. The first-order valence-corrected chi connectivity index (χ1v) is 10.4. The number of aromatic nitrogens is 2. The summed E-state index contributed by atoms with van der Waals surface area (Å²) in [6.45, 7) is 4.41. The fraction of sp³-hybridized carbons (Fsp3) is 0.733. The number of hydrogen-bond donors (Lipinski definition) is 0. The lowest BCUT2D eigenvalue weighted by atomic mass is 10.3. The van der Waals surface area contributed by atoms with Crippen LogP contribution in [0.5, 0.6) is 0 Å². The molecule has 1 aromatic rings. The molecule has 0 aromatic carbocycles. The molecule has 22 heavy (non-hydrogen) atoms. The molecular weight excluding hydrogens is 312 g/mol. The van der Waals surface area contributed by atoms with E-state index in [4.69, 9.17) is 9.97 Å². The second-order valence-corrected chi connectivity index (χ2v) is 10.2. The van der Waals surface area contributed by atoms with E-state index in [1.54, 1.807) is 0 Å². The molecule has 4 rings (SSSR count). The third-order valence-corrected chi connectivity index (χ3v) is 8.05. The highest BCUT2D eigenvalue weighted by atomic mass is 31.1. The molecule has 2 unspecified atom stereocenters. The molecule has 120 valence electrons. The van der Waals surface area contributed by atoms with Gasteiger partial charge in [-0.3, -0.25) is 0 Å². The zero-order valence-corrected chi connectivity index (χ0v) is 15.2. The Bertz CT molecular complexity index is 481. The maximum atomic E-state index is 4.71. The highest BCUT2D eigenvalue weighted by Crippen LogP contribution is 2.53. The van der Waals surface area contributed by atoms with Crippen LogP contribution in [0.25, 0.3) is 0 Å². The predicted octanol–water partition coefficient (Wildman–Crippen LogP) is 2.55. The Hall–Kier alpha value is -0.500. The lowest BCUT2D eigenvalue weighted by Crippen LogP contribution is -2.44. The van der Waals surface area contributed by atoms with Crippen LogP contribution in [0.2, 0.25) is 0 Å². The van der Waals surface area contributed by atoms with Crippen molar-refractivity contribution in [3.63, 3.8) is 0 Å². The van der Waals surface area contributed by atoms with Gasteiger partial charge in [-0.1, -0.05) is 0 Å². The lowest BCUT2D eigenvalue weighted by molar-refractivity contribution is 0.312. The molecule has 2 heterocycles. The van der Waals surface area contributed by atoms with Gasteiger partial charge in [0.15, 0.2) is 0 Å². The molecule has 3 fully saturated rings. The van der Waals surface area contributed by atoms with Crippen LogP contribution < -0.4 is 9.34 Å². The summed E-state index contributed by atoms with van der Waals surface area (Å²) in [5.74, 6) is 0.966. The SMILES string of the molecule is CN1CCN(c2cnc(N(PC3CC3)PC3CC3)nc2)CC1. The Kier molecular flexibility index (Phi) is 4.48. The number of hydrogen-bond acceptors (Lipinski definition) is 5. The summed E-state index contributed by atoms with van der Waals surface area (Å²) in [6, 6.07) is 0. The van der Waals surface area contributed by atoms with E-state index in [-0.39, 0.29) is 0 Å². The van der Waals surface area contributed by atoms with Crippen LogP contribution in [-0.4, -0.2) is 59.4 Å². The second-order valence-electron chi connectivity index (χ2n) is 6.67. The van der Waals surface area contributed by atoms with Crippen molar-refractivity contribution in [2.24, 2.45) is 0 Å². The zero-order valence-electron chi connectivity index (χ0n) is 13.2. The molecule has 0 bridgehead atoms. The standard InChI is InChI=1S/C15H25N5P2/c1-18-6-8-19(9-7-18)12-10-16-15(17-11-12)20(21-13-2-3-13)22-14-4-5-14/h10-11,13-14,21-22H,2-9H2,1H3. The molecule has 7 heteroatoms. The van der Waals surface area contributed by atoms with Gasteiger partial charge in [-0.05, 0) is 61.5 Å². The highest BCUT2D eigenvalue weighted by Gasteiger charge is 2.30. The minimum Gasteiger partial charge on any atom is -0.366 e. The fourth-order valence-electron chi connectivity index (χ4n) is 2.60. The molecule has 2 aliphatic carbocycles. The van der Waals surface area contributed by atoms with Crippen LogP contribution in [-0.2, 0) is 0 Å². The van der Waals surface area contributed by atoms with Crippen LogP contribution in [0.4, 0.5) is 11.6 Å². The summed E-state index contributed by atoms with van der Waals surface area (Å²) in [4.78, 5) is 14.2. The van der Waals surface area contributed by atoms with E-state index in [1.807, 2.05) is 12.4 Å². The topological polar surface area (TPSA) is 35.5 Å². The summed E-state index contributed by atoms with van der Waals surface area (Å²) >= 11 is 0. The highest BCUT2D eigenvalue weighted by molar-refractivity contribution is 7.60. The molecular formula is C15H25N5P2. The number of anilines is 2.